The van der Waals surface area contributed by atoms with Crippen molar-refractivity contribution in [2.45, 2.75) is 26.4 Å². The van der Waals surface area contributed by atoms with Gasteiger partial charge in [-0.2, -0.15) is 0 Å². The van der Waals surface area contributed by atoms with Crippen LogP contribution in [0.15, 0.2) is 18.5 Å². The zero-order valence-corrected chi connectivity index (χ0v) is 9.20. The second kappa shape index (κ2) is 5.08. The minimum absolute atomic E-state index is 0.220. The van der Waals surface area contributed by atoms with Crippen LogP contribution in [0.4, 0.5) is 0 Å². The van der Waals surface area contributed by atoms with Crippen molar-refractivity contribution in [2.75, 3.05) is 13.6 Å². The second-order valence-corrected chi connectivity index (χ2v) is 4.04. The van der Waals surface area contributed by atoms with E-state index in [4.69, 9.17) is 5.73 Å². The average Bonchev–Trinajstić information content (AvgIpc) is 2.01. The summed E-state index contributed by atoms with van der Waals surface area (Å²) in [6.07, 6.45) is 3.78. The van der Waals surface area contributed by atoms with E-state index in [0.29, 0.717) is 0 Å². The molecule has 0 amide bonds. The molecule has 0 aliphatic carbocycles. The van der Waals surface area contributed by atoms with Crippen LogP contribution < -0.4 is 5.73 Å². The number of likely N-dealkylation sites (N-methyl/N-ethyl adjacent to an activating group) is 1. The van der Waals surface area contributed by atoms with Crippen LogP contribution in [-0.2, 0) is 6.54 Å². The van der Waals surface area contributed by atoms with Crippen molar-refractivity contribution < 1.29 is 0 Å². The van der Waals surface area contributed by atoms with Crippen LogP contribution in [-0.4, -0.2) is 29.5 Å². The summed E-state index contributed by atoms with van der Waals surface area (Å²) < 4.78 is 0. The minimum atomic E-state index is 0.220. The van der Waals surface area contributed by atoms with Crippen molar-refractivity contribution in [2.24, 2.45) is 5.73 Å². The summed E-state index contributed by atoms with van der Waals surface area (Å²) in [6.45, 7) is 5.90. The predicted octanol–water partition coefficient (Wildman–Crippen LogP) is 1.17. The van der Waals surface area contributed by atoms with Gasteiger partial charge in [0, 0.05) is 31.5 Å². The summed E-state index contributed by atoms with van der Waals surface area (Å²) >= 11 is 0. The van der Waals surface area contributed by atoms with E-state index >= 15 is 0 Å². The van der Waals surface area contributed by atoms with Gasteiger partial charge < -0.3 is 10.6 Å². The normalized spacial score (nSPS) is 13.2. The Morgan fingerprint density at radius 1 is 1.50 bits per heavy atom. The summed E-state index contributed by atoms with van der Waals surface area (Å²) in [5.41, 5.74) is 8.17. The van der Waals surface area contributed by atoms with Crippen molar-refractivity contribution in [3.05, 3.63) is 29.6 Å². The maximum Gasteiger partial charge on any atom is 0.0313 e. The molecule has 0 bridgehead atoms. The molecule has 0 saturated heterocycles. The largest absolute Gasteiger partial charge is 0.327 e. The summed E-state index contributed by atoms with van der Waals surface area (Å²) in [7, 11) is 2.08. The fourth-order valence-corrected chi connectivity index (χ4v) is 1.57. The minimum Gasteiger partial charge on any atom is -0.327 e. The molecule has 0 aliphatic rings. The molecule has 0 fully saturated rings. The second-order valence-electron chi connectivity index (χ2n) is 4.04. The Kier molecular flexibility index (Phi) is 4.04. The quantitative estimate of drug-likeness (QED) is 0.780. The number of rotatable bonds is 4. The number of nitrogens with zero attached hydrogens (tertiary/aromatic N) is 2. The molecule has 1 rings (SSSR count). The van der Waals surface area contributed by atoms with Gasteiger partial charge in [-0.1, -0.05) is 6.07 Å². The molecular formula is C11H19N3. The molecule has 0 spiro atoms. The standard InChI is InChI=1S/C11H19N3/c1-9-4-11(6-13-5-9)8-14(3)7-10(2)12/h4-6,10H,7-8,12H2,1-3H3. The van der Waals surface area contributed by atoms with Crippen LogP contribution >= 0.6 is 0 Å². The number of hydrogen-bond donors (Lipinski definition) is 1. The summed E-state index contributed by atoms with van der Waals surface area (Å²) in [4.78, 5) is 6.37. The summed E-state index contributed by atoms with van der Waals surface area (Å²) in [5.74, 6) is 0. The number of nitrogens with two attached hydrogens (primary N) is 1. The first-order valence-corrected chi connectivity index (χ1v) is 4.92. The molecule has 0 saturated carbocycles. The van der Waals surface area contributed by atoms with Gasteiger partial charge in [0.1, 0.15) is 0 Å². The van der Waals surface area contributed by atoms with E-state index in [1.807, 2.05) is 19.3 Å². The molecule has 2 N–H and O–H groups in total. The highest BCUT2D eigenvalue weighted by molar-refractivity contribution is 5.16. The first kappa shape index (κ1) is 11.1. The Bertz CT molecular complexity index is 284. The van der Waals surface area contributed by atoms with Gasteiger partial charge in [0.2, 0.25) is 0 Å². The van der Waals surface area contributed by atoms with Gasteiger partial charge in [-0.05, 0) is 32.0 Å². The molecule has 0 radical (unpaired) electrons. The molecule has 0 aromatic carbocycles. The third kappa shape index (κ3) is 3.85. The lowest BCUT2D eigenvalue weighted by molar-refractivity contribution is 0.309. The van der Waals surface area contributed by atoms with Gasteiger partial charge in [-0.25, -0.2) is 0 Å². The summed E-state index contributed by atoms with van der Waals surface area (Å²) in [5, 5.41) is 0. The van der Waals surface area contributed by atoms with Crippen LogP contribution in [0.1, 0.15) is 18.1 Å². The first-order valence-electron chi connectivity index (χ1n) is 4.92. The molecule has 0 aliphatic heterocycles. The van der Waals surface area contributed by atoms with Crippen molar-refractivity contribution in [3.8, 4) is 0 Å². The Labute approximate surface area is 85.9 Å². The molecule has 1 aromatic heterocycles. The lowest BCUT2D eigenvalue weighted by atomic mass is 10.2. The van der Waals surface area contributed by atoms with Crippen LogP contribution in [0.3, 0.4) is 0 Å². The maximum absolute atomic E-state index is 5.72. The molecule has 78 valence electrons. The Morgan fingerprint density at radius 2 is 2.21 bits per heavy atom. The molecule has 1 aromatic rings. The zero-order chi connectivity index (χ0) is 10.6. The molecule has 14 heavy (non-hydrogen) atoms. The summed E-state index contributed by atoms with van der Waals surface area (Å²) in [6, 6.07) is 2.38. The van der Waals surface area contributed by atoms with E-state index in [2.05, 4.69) is 29.9 Å². The van der Waals surface area contributed by atoms with E-state index in [-0.39, 0.29) is 6.04 Å². The average molecular weight is 193 g/mol. The van der Waals surface area contributed by atoms with E-state index in [0.717, 1.165) is 13.1 Å². The monoisotopic (exact) mass is 193 g/mol. The first-order chi connectivity index (χ1) is 6.58. The van der Waals surface area contributed by atoms with Gasteiger partial charge in [0.25, 0.3) is 0 Å². The SMILES string of the molecule is Cc1cncc(CN(C)CC(C)N)c1. The van der Waals surface area contributed by atoms with E-state index in [1.165, 1.54) is 11.1 Å². The fraction of sp³-hybridized carbons (Fsp3) is 0.545. The number of pyridine rings is 1. The Balaban J connectivity index is 2.51. The highest BCUT2D eigenvalue weighted by Crippen LogP contribution is 2.04. The number of aromatic nitrogens is 1. The van der Waals surface area contributed by atoms with Crippen LogP contribution in [0.25, 0.3) is 0 Å². The van der Waals surface area contributed by atoms with E-state index in [9.17, 15) is 0 Å². The molecule has 3 nitrogen and oxygen atoms in total. The number of aryl methyl sites for hydroxylation is 1. The van der Waals surface area contributed by atoms with Crippen LogP contribution in [0.5, 0.6) is 0 Å². The third-order valence-electron chi connectivity index (χ3n) is 1.98. The fourth-order valence-electron chi connectivity index (χ4n) is 1.57. The highest BCUT2D eigenvalue weighted by atomic mass is 15.1. The molecule has 1 unspecified atom stereocenters. The predicted molar refractivity (Wildman–Crippen MR) is 59.0 cm³/mol. The van der Waals surface area contributed by atoms with E-state index < -0.39 is 0 Å². The van der Waals surface area contributed by atoms with Gasteiger partial charge >= 0.3 is 0 Å². The number of hydrogen-bond acceptors (Lipinski definition) is 3. The van der Waals surface area contributed by atoms with Crippen LogP contribution in [0.2, 0.25) is 0 Å². The van der Waals surface area contributed by atoms with Gasteiger partial charge in [-0.3, -0.25) is 4.98 Å². The molecular weight excluding hydrogens is 174 g/mol. The smallest absolute Gasteiger partial charge is 0.0313 e. The zero-order valence-electron chi connectivity index (χ0n) is 9.20. The van der Waals surface area contributed by atoms with E-state index in [1.54, 1.807) is 0 Å². The van der Waals surface area contributed by atoms with Crippen molar-refractivity contribution >= 4 is 0 Å². The molecule has 1 heterocycles. The van der Waals surface area contributed by atoms with Gasteiger partial charge in [0.05, 0.1) is 0 Å². The molecule has 1 atom stereocenters. The van der Waals surface area contributed by atoms with Crippen molar-refractivity contribution in [3.63, 3.8) is 0 Å². The highest BCUT2D eigenvalue weighted by Gasteiger charge is 2.03. The lowest BCUT2D eigenvalue weighted by Crippen LogP contribution is -2.32. The maximum atomic E-state index is 5.72. The van der Waals surface area contributed by atoms with Crippen molar-refractivity contribution in [1.82, 2.24) is 9.88 Å². The lowest BCUT2D eigenvalue weighted by Gasteiger charge is -2.18. The van der Waals surface area contributed by atoms with Gasteiger partial charge in [0.15, 0.2) is 0 Å². The van der Waals surface area contributed by atoms with Gasteiger partial charge in [-0.15, -0.1) is 0 Å². The third-order valence-corrected chi connectivity index (χ3v) is 1.98. The topological polar surface area (TPSA) is 42.2 Å². The molecule has 3 heteroatoms. The Morgan fingerprint density at radius 3 is 2.79 bits per heavy atom. The van der Waals surface area contributed by atoms with Crippen molar-refractivity contribution in [1.29, 1.82) is 0 Å². The van der Waals surface area contributed by atoms with Crippen LogP contribution in [0, 0.1) is 6.92 Å². The Hall–Kier alpha value is -0.930.